The highest BCUT2D eigenvalue weighted by atomic mass is 32.1. The zero-order chi connectivity index (χ0) is 9.84. The summed E-state index contributed by atoms with van der Waals surface area (Å²) in [5.74, 6) is 0. The van der Waals surface area contributed by atoms with Crippen molar-refractivity contribution in [2.45, 2.75) is 13.3 Å². The zero-order valence-electron chi connectivity index (χ0n) is 7.02. The number of hydrogen-bond acceptors (Lipinski definition) is 6. The van der Waals surface area contributed by atoms with Crippen molar-refractivity contribution in [3.8, 4) is 0 Å². The first kappa shape index (κ1) is 9.72. The van der Waals surface area contributed by atoms with Gasteiger partial charge in [0.1, 0.15) is 6.61 Å². The second-order valence-corrected chi connectivity index (χ2v) is 3.48. The SMILES string of the molecule is Cc1nc(N)sc1CCO[N+](=O)[O-]. The summed E-state index contributed by atoms with van der Waals surface area (Å²) in [5.41, 5.74) is 6.26. The topological polar surface area (TPSA) is 91.3 Å². The highest BCUT2D eigenvalue weighted by molar-refractivity contribution is 7.15. The molecule has 0 saturated carbocycles. The van der Waals surface area contributed by atoms with Crippen molar-refractivity contribution >= 4 is 16.5 Å². The second kappa shape index (κ2) is 4.04. The maximum atomic E-state index is 9.83. The van der Waals surface area contributed by atoms with Gasteiger partial charge in [0.05, 0.1) is 5.69 Å². The van der Waals surface area contributed by atoms with E-state index in [9.17, 15) is 10.1 Å². The minimum absolute atomic E-state index is 0.0511. The molecule has 0 atom stereocenters. The molecule has 13 heavy (non-hydrogen) atoms. The molecule has 7 heteroatoms. The lowest BCUT2D eigenvalue weighted by molar-refractivity contribution is -0.757. The number of thiazole rings is 1. The van der Waals surface area contributed by atoms with E-state index >= 15 is 0 Å². The number of nitrogens with two attached hydrogens (primary N) is 1. The van der Waals surface area contributed by atoms with Gasteiger partial charge >= 0.3 is 0 Å². The van der Waals surface area contributed by atoms with Gasteiger partial charge in [0, 0.05) is 11.3 Å². The lowest BCUT2D eigenvalue weighted by atomic mass is 10.3. The van der Waals surface area contributed by atoms with Crippen LogP contribution in [0.5, 0.6) is 0 Å². The Balaban J connectivity index is 2.45. The monoisotopic (exact) mass is 203 g/mol. The molecular formula is C6H9N3O3S. The standard InChI is InChI=1S/C6H9N3O3S/c1-4-5(13-6(7)8-4)2-3-12-9(10)11/h2-3H2,1H3,(H2,7,8). The van der Waals surface area contributed by atoms with Crippen LogP contribution in [0, 0.1) is 17.0 Å². The molecule has 0 saturated heterocycles. The summed E-state index contributed by atoms with van der Waals surface area (Å²) in [6.45, 7) is 1.86. The fourth-order valence-corrected chi connectivity index (χ4v) is 1.71. The molecule has 0 bridgehead atoms. The van der Waals surface area contributed by atoms with E-state index in [0.29, 0.717) is 11.6 Å². The van der Waals surface area contributed by atoms with Crippen LogP contribution in [0.15, 0.2) is 0 Å². The van der Waals surface area contributed by atoms with Crippen LogP contribution < -0.4 is 5.73 Å². The summed E-state index contributed by atoms with van der Waals surface area (Å²) in [4.78, 5) is 18.9. The Kier molecular flexibility index (Phi) is 3.02. The predicted octanol–water partition coefficient (Wildman–Crippen LogP) is 0.785. The molecule has 1 rings (SSSR count). The third-order valence-electron chi connectivity index (χ3n) is 1.44. The molecule has 0 spiro atoms. The van der Waals surface area contributed by atoms with Crippen molar-refractivity contribution in [1.29, 1.82) is 0 Å². The number of nitrogens with zero attached hydrogens (tertiary/aromatic N) is 2. The van der Waals surface area contributed by atoms with Crippen LogP contribution in [-0.2, 0) is 11.3 Å². The molecular weight excluding hydrogens is 194 g/mol. The van der Waals surface area contributed by atoms with Crippen LogP contribution in [0.3, 0.4) is 0 Å². The Labute approximate surface area is 78.4 Å². The van der Waals surface area contributed by atoms with E-state index in [4.69, 9.17) is 5.73 Å². The van der Waals surface area contributed by atoms with E-state index in [2.05, 4.69) is 9.82 Å². The minimum atomic E-state index is -0.806. The van der Waals surface area contributed by atoms with Crippen LogP contribution in [0.2, 0.25) is 0 Å². The molecule has 1 aromatic heterocycles. The Morgan fingerprint density at radius 3 is 2.92 bits per heavy atom. The van der Waals surface area contributed by atoms with Crippen molar-refractivity contribution < 1.29 is 9.92 Å². The predicted molar refractivity (Wildman–Crippen MR) is 47.9 cm³/mol. The number of aryl methyl sites for hydroxylation is 1. The van der Waals surface area contributed by atoms with Gasteiger partial charge in [0.2, 0.25) is 0 Å². The van der Waals surface area contributed by atoms with Gasteiger partial charge in [0.15, 0.2) is 5.13 Å². The van der Waals surface area contributed by atoms with Gasteiger partial charge in [-0.15, -0.1) is 21.5 Å². The van der Waals surface area contributed by atoms with Crippen molar-refractivity contribution in [3.05, 3.63) is 20.7 Å². The summed E-state index contributed by atoms with van der Waals surface area (Å²) in [6.07, 6.45) is 0.474. The average Bonchev–Trinajstić information content (AvgIpc) is 2.29. The van der Waals surface area contributed by atoms with E-state index in [1.165, 1.54) is 11.3 Å². The highest BCUT2D eigenvalue weighted by Crippen LogP contribution is 2.19. The summed E-state index contributed by atoms with van der Waals surface area (Å²) >= 11 is 1.33. The summed E-state index contributed by atoms with van der Waals surface area (Å²) < 4.78 is 0. The molecule has 0 fully saturated rings. The van der Waals surface area contributed by atoms with Crippen molar-refractivity contribution in [3.63, 3.8) is 0 Å². The average molecular weight is 203 g/mol. The number of aromatic nitrogens is 1. The third-order valence-corrected chi connectivity index (χ3v) is 2.48. The van der Waals surface area contributed by atoms with Crippen molar-refractivity contribution in [2.24, 2.45) is 0 Å². The Morgan fingerprint density at radius 2 is 2.46 bits per heavy atom. The maximum Gasteiger partial charge on any atom is 0.294 e. The fourth-order valence-electron chi connectivity index (χ4n) is 0.895. The van der Waals surface area contributed by atoms with E-state index in [1.807, 2.05) is 6.92 Å². The Hall–Kier alpha value is -1.37. The molecule has 0 aliphatic heterocycles. The molecule has 0 aliphatic carbocycles. The second-order valence-electron chi connectivity index (χ2n) is 2.37. The molecule has 1 aromatic rings. The molecule has 72 valence electrons. The fraction of sp³-hybridized carbons (Fsp3) is 0.500. The summed E-state index contributed by atoms with van der Waals surface area (Å²) in [6, 6.07) is 0. The zero-order valence-corrected chi connectivity index (χ0v) is 7.84. The van der Waals surface area contributed by atoms with E-state index < -0.39 is 5.09 Å². The van der Waals surface area contributed by atoms with Gasteiger partial charge in [-0.2, -0.15) is 0 Å². The molecule has 2 N–H and O–H groups in total. The van der Waals surface area contributed by atoms with Crippen LogP contribution in [-0.4, -0.2) is 16.7 Å². The van der Waals surface area contributed by atoms with E-state index in [-0.39, 0.29) is 6.61 Å². The van der Waals surface area contributed by atoms with Crippen LogP contribution in [0.1, 0.15) is 10.6 Å². The van der Waals surface area contributed by atoms with Gasteiger partial charge in [0.25, 0.3) is 5.09 Å². The summed E-state index contributed by atoms with van der Waals surface area (Å²) in [5, 5.41) is 9.50. The first-order valence-electron chi connectivity index (χ1n) is 3.58. The van der Waals surface area contributed by atoms with E-state index in [0.717, 1.165) is 10.6 Å². The first-order chi connectivity index (χ1) is 6.09. The van der Waals surface area contributed by atoms with Gasteiger partial charge in [-0.1, -0.05) is 0 Å². The Morgan fingerprint density at radius 1 is 1.77 bits per heavy atom. The lowest BCUT2D eigenvalue weighted by Crippen LogP contribution is -2.04. The van der Waals surface area contributed by atoms with Crippen LogP contribution in [0.4, 0.5) is 5.13 Å². The number of nitrogen functional groups attached to an aromatic ring is 1. The van der Waals surface area contributed by atoms with E-state index in [1.54, 1.807) is 0 Å². The van der Waals surface area contributed by atoms with Crippen LogP contribution >= 0.6 is 11.3 Å². The number of rotatable bonds is 4. The molecule has 1 heterocycles. The molecule has 0 aromatic carbocycles. The number of hydrogen-bond donors (Lipinski definition) is 1. The molecule has 0 aliphatic rings. The largest absolute Gasteiger partial charge is 0.375 e. The van der Waals surface area contributed by atoms with Gasteiger partial charge in [-0.25, -0.2) is 4.98 Å². The quantitative estimate of drug-likeness (QED) is 0.576. The van der Waals surface area contributed by atoms with Gasteiger partial charge < -0.3 is 10.6 Å². The molecule has 0 unspecified atom stereocenters. The lowest BCUT2D eigenvalue weighted by Gasteiger charge is -1.96. The molecule has 0 radical (unpaired) electrons. The maximum absolute atomic E-state index is 9.83. The van der Waals surface area contributed by atoms with Crippen molar-refractivity contribution in [2.75, 3.05) is 12.3 Å². The van der Waals surface area contributed by atoms with Gasteiger partial charge in [-0.3, -0.25) is 0 Å². The van der Waals surface area contributed by atoms with Gasteiger partial charge in [-0.05, 0) is 6.92 Å². The summed E-state index contributed by atoms with van der Waals surface area (Å²) in [7, 11) is 0. The Bertz CT molecular complexity index is 312. The van der Waals surface area contributed by atoms with Crippen molar-refractivity contribution in [1.82, 2.24) is 4.98 Å². The molecule has 0 amide bonds. The van der Waals surface area contributed by atoms with Crippen LogP contribution in [0.25, 0.3) is 0 Å². The number of anilines is 1. The highest BCUT2D eigenvalue weighted by Gasteiger charge is 2.05. The molecule has 6 nitrogen and oxygen atoms in total. The third kappa shape index (κ3) is 2.86. The smallest absolute Gasteiger partial charge is 0.294 e. The minimum Gasteiger partial charge on any atom is -0.375 e. The normalized spacial score (nSPS) is 9.92. The first-order valence-corrected chi connectivity index (χ1v) is 4.40.